The molecule has 0 aromatic rings. The molecule has 0 aromatic carbocycles. The van der Waals surface area contributed by atoms with E-state index < -0.39 is 20.8 Å². The van der Waals surface area contributed by atoms with Crippen molar-refractivity contribution in [1.82, 2.24) is 9.80 Å². The van der Waals surface area contributed by atoms with Gasteiger partial charge in [-0.2, -0.15) is 8.42 Å². The number of nitrogens with zero attached hydrogens (tertiary/aromatic N) is 2. The lowest BCUT2D eigenvalue weighted by Gasteiger charge is -2.39. The Morgan fingerprint density at radius 1 is 1.33 bits per heavy atom. The van der Waals surface area contributed by atoms with E-state index in [0.29, 0.717) is 38.2 Å². The second kappa shape index (κ2) is 8.91. The Morgan fingerprint density at radius 2 is 1.96 bits per heavy atom. The molecule has 1 saturated heterocycles. The van der Waals surface area contributed by atoms with Gasteiger partial charge in [-0.3, -0.25) is 13.6 Å². The van der Waals surface area contributed by atoms with Gasteiger partial charge in [0.05, 0.1) is 12.6 Å². The van der Waals surface area contributed by atoms with E-state index in [9.17, 15) is 17.6 Å². The van der Waals surface area contributed by atoms with Crippen molar-refractivity contribution in [2.75, 3.05) is 32.8 Å². The van der Waals surface area contributed by atoms with E-state index in [1.165, 1.54) is 6.08 Å². The van der Waals surface area contributed by atoms with Crippen LogP contribution in [-0.2, 0) is 18.1 Å². The predicted molar refractivity (Wildman–Crippen MR) is 100 cm³/mol. The van der Waals surface area contributed by atoms with E-state index in [1.807, 2.05) is 25.7 Å². The summed E-state index contributed by atoms with van der Waals surface area (Å²) >= 11 is -0.0605. The molecule has 11 heteroatoms. The summed E-state index contributed by atoms with van der Waals surface area (Å²) in [5.41, 5.74) is -0.0455. The molecular weight excluding hydrogens is 399 g/mol. The van der Waals surface area contributed by atoms with Gasteiger partial charge >= 0.3 is 15.2 Å². The van der Waals surface area contributed by atoms with Gasteiger partial charge in [0.15, 0.2) is 11.1 Å². The Hall–Kier alpha value is -1.14. The highest BCUT2D eigenvalue weighted by molar-refractivity contribution is 8.67. The Morgan fingerprint density at radius 3 is 2.48 bits per heavy atom. The maximum Gasteiger partial charge on any atom is 0.410 e. The van der Waals surface area contributed by atoms with Crippen LogP contribution >= 0.6 is 11.1 Å². The van der Waals surface area contributed by atoms with E-state index >= 15 is 0 Å². The highest BCUT2D eigenvalue weighted by atomic mass is 33.2. The number of piperazine rings is 1. The molecular formula is C16H25FN2O6S2. The van der Waals surface area contributed by atoms with E-state index in [1.54, 1.807) is 11.0 Å². The molecule has 27 heavy (non-hydrogen) atoms. The minimum Gasteiger partial charge on any atom is -0.444 e. The van der Waals surface area contributed by atoms with Crippen molar-refractivity contribution < 1.29 is 31.1 Å². The van der Waals surface area contributed by atoms with Gasteiger partial charge in [-0.05, 0) is 38.8 Å². The molecule has 0 spiro atoms. The Balaban J connectivity index is 1.82. The molecule has 0 aromatic heterocycles. The third kappa shape index (κ3) is 7.41. The molecule has 8 nitrogen and oxygen atoms in total. The summed E-state index contributed by atoms with van der Waals surface area (Å²) in [6.45, 7) is 7.29. The van der Waals surface area contributed by atoms with Gasteiger partial charge in [0, 0.05) is 26.2 Å². The molecule has 1 unspecified atom stereocenters. The highest BCUT2D eigenvalue weighted by Gasteiger charge is 2.31. The standard InChI is InChI=1S/C16H25FN2O6S2/c1-16(2,3)25-15(20)19-8-6-18(7-9-19)14-5-4-12(10-13(14)17)11-24-26-27(21,22)23/h4,10,14H,5-9,11H2,1-3H3,(H,21,22,23). The number of carbonyl (C=O) groups excluding carboxylic acids is 1. The number of ether oxygens (including phenoxy) is 1. The van der Waals surface area contributed by atoms with Crippen LogP contribution in [0.2, 0.25) is 0 Å². The SMILES string of the molecule is CC(C)(C)OC(=O)N1CCN(C2CC=C(COSS(=O)(=O)O)C=C2F)CC1. The topological polar surface area (TPSA) is 96.4 Å². The number of hydrogen-bond donors (Lipinski definition) is 1. The fourth-order valence-electron chi connectivity index (χ4n) is 2.83. The monoisotopic (exact) mass is 424 g/mol. The first-order valence-corrected chi connectivity index (χ1v) is 11.2. The van der Waals surface area contributed by atoms with Gasteiger partial charge in [-0.15, -0.1) is 0 Å². The van der Waals surface area contributed by atoms with Crippen molar-refractivity contribution in [3.8, 4) is 0 Å². The second-order valence-electron chi connectivity index (χ2n) is 7.32. The first-order valence-electron chi connectivity index (χ1n) is 8.51. The van der Waals surface area contributed by atoms with Crippen LogP contribution in [0.5, 0.6) is 0 Å². The minimum absolute atomic E-state index is 0.0605. The summed E-state index contributed by atoms with van der Waals surface area (Å²) in [6, 6.07) is -0.413. The van der Waals surface area contributed by atoms with Gasteiger partial charge in [0.1, 0.15) is 11.4 Å². The van der Waals surface area contributed by atoms with Crippen molar-refractivity contribution >= 4 is 26.3 Å². The predicted octanol–water partition coefficient (Wildman–Crippen LogP) is 2.56. The zero-order chi connectivity index (χ0) is 20.2. The fraction of sp³-hybridized carbons (Fsp3) is 0.688. The van der Waals surface area contributed by atoms with Crippen LogP contribution in [0.3, 0.4) is 0 Å². The highest BCUT2D eigenvalue weighted by Crippen LogP contribution is 2.26. The van der Waals surface area contributed by atoms with Crippen molar-refractivity contribution in [1.29, 1.82) is 0 Å². The first-order chi connectivity index (χ1) is 12.4. The molecule has 2 aliphatic rings. The molecule has 1 atom stereocenters. The number of amides is 1. The zero-order valence-corrected chi connectivity index (χ0v) is 17.2. The van der Waals surface area contributed by atoms with Gasteiger partial charge in [0.25, 0.3) is 0 Å². The van der Waals surface area contributed by atoms with Crippen LogP contribution in [0.25, 0.3) is 0 Å². The van der Waals surface area contributed by atoms with Crippen molar-refractivity contribution in [3.63, 3.8) is 0 Å². The summed E-state index contributed by atoms with van der Waals surface area (Å²) < 4.78 is 54.4. The van der Waals surface area contributed by atoms with Crippen molar-refractivity contribution in [2.24, 2.45) is 0 Å². The number of halogens is 1. The molecule has 1 fully saturated rings. The molecule has 1 aliphatic carbocycles. The van der Waals surface area contributed by atoms with E-state index in [2.05, 4.69) is 0 Å². The molecule has 1 aliphatic heterocycles. The third-order valence-corrected chi connectivity index (χ3v) is 5.20. The van der Waals surface area contributed by atoms with Crippen molar-refractivity contribution in [3.05, 3.63) is 23.6 Å². The lowest BCUT2D eigenvalue weighted by Crippen LogP contribution is -2.53. The lowest BCUT2D eigenvalue weighted by molar-refractivity contribution is 0.0111. The number of hydrogen-bond acceptors (Lipinski definition) is 7. The van der Waals surface area contributed by atoms with Gasteiger partial charge < -0.3 is 9.64 Å². The zero-order valence-electron chi connectivity index (χ0n) is 15.6. The Kier molecular flexibility index (Phi) is 7.31. The lowest BCUT2D eigenvalue weighted by atomic mass is 10.00. The molecule has 154 valence electrons. The fourth-order valence-corrected chi connectivity index (χ4v) is 3.64. The second-order valence-corrected chi connectivity index (χ2v) is 10.2. The van der Waals surface area contributed by atoms with Crippen LogP contribution < -0.4 is 0 Å². The summed E-state index contributed by atoms with van der Waals surface area (Å²) in [5.74, 6) is -0.335. The number of rotatable bonds is 5. The maximum atomic E-state index is 14.5. The van der Waals surface area contributed by atoms with Crippen LogP contribution in [0.1, 0.15) is 27.2 Å². The molecule has 1 heterocycles. The molecule has 1 N–H and O–H groups in total. The van der Waals surface area contributed by atoms with Gasteiger partial charge in [-0.25, -0.2) is 9.18 Å². The molecule has 2 rings (SSSR count). The first kappa shape index (κ1) is 22.2. The smallest absolute Gasteiger partial charge is 0.410 e. The molecule has 0 saturated carbocycles. The maximum absolute atomic E-state index is 14.5. The van der Waals surface area contributed by atoms with E-state index in [-0.39, 0.29) is 29.6 Å². The quantitative estimate of drug-likeness (QED) is 0.409. The molecule has 0 bridgehead atoms. The normalized spacial score (nSPS) is 22.3. The van der Waals surface area contributed by atoms with Crippen LogP contribution in [0.15, 0.2) is 23.6 Å². The average Bonchev–Trinajstić information content (AvgIpc) is 2.52. The Bertz CT molecular complexity index is 709. The average molecular weight is 425 g/mol. The summed E-state index contributed by atoms with van der Waals surface area (Å²) in [4.78, 5) is 15.7. The molecule has 1 amide bonds. The van der Waals surface area contributed by atoms with Crippen LogP contribution in [0.4, 0.5) is 9.18 Å². The summed E-state index contributed by atoms with van der Waals surface area (Å²) in [7, 11) is -4.29. The van der Waals surface area contributed by atoms with Gasteiger partial charge in [0.2, 0.25) is 0 Å². The van der Waals surface area contributed by atoms with Crippen molar-refractivity contribution in [2.45, 2.75) is 38.8 Å². The van der Waals surface area contributed by atoms with Crippen LogP contribution in [-0.4, -0.2) is 73.3 Å². The summed E-state index contributed by atoms with van der Waals surface area (Å²) in [5, 5.41) is 0. The van der Waals surface area contributed by atoms with Gasteiger partial charge in [-0.1, -0.05) is 6.08 Å². The van der Waals surface area contributed by atoms with E-state index in [4.69, 9.17) is 13.5 Å². The van der Waals surface area contributed by atoms with E-state index in [0.717, 1.165) is 0 Å². The summed E-state index contributed by atoms with van der Waals surface area (Å²) in [6.07, 6.45) is 3.15. The van der Waals surface area contributed by atoms with Crippen LogP contribution in [0, 0.1) is 0 Å². The third-order valence-electron chi connectivity index (χ3n) is 4.01. The molecule has 0 radical (unpaired) electrons. The minimum atomic E-state index is -4.29. The Labute approximate surface area is 162 Å². The number of carbonyl (C=O) groups is 1. The largest absolute Gasteiger partial charge is 0.444 e.